The Hall–Kier alpha value is -3.44. The van der Waals surface area contributed by atoms with E-state index in [9.17, 15) is 14.4 Å². The Morgan fingerprint density at radius 1 is 1.11 bits per heavy atom. The lowest BCUT2D eigenvalue weighted by atomic mass is 9.84. The predicted molar refractivity (Wildman–Crippen MR) is 134 cm³/mol. The molecule has 3 amide bonds. The first-order valence-corrected chi connectivity index (χ1v) is 12.1. The van der Waals surface area contributed by atoms with Crippen LogP contribution in [0.1, 0.15) is 36.2 Å². The van der Waals surface area contributed by atoms with E-state index in [1.807, 2.05) is 4.90 Å². The van der Waals surface area contributed by atoms with Crippen molar-refractivity contribution in [2.45, 2.75) is 31.7 Å². The number of carbonyl (C=O) groups is 3. The normalized spacial score (nSPS) is 20.4. The molecular formula is C24H23BClN5O5. The summed E-state index contributed by atoms with van der Waals surface area (Å²) < 4.78 is 11.0. The van der Waals surface area contributed by atoms with E-state index in [1.54, 1.807) is 18.2 Å². The third kappa shape index (κ3) is 4.94. The molecule has 2 aliphatic rings. The number of hydrogen-bond donors (Lipinski definition) is 2. The van der Waals surface area contributed by atoms with Crippen LogP contribution in [0.2, 0.25) is 5.02 Å². The summed E-state index contributed by atoms with van der Waals surface area (Å²) in [5.41, 5.74) is 0.615. The number of ether oxygens (including phenoxy) is 1. The molecule has 0 unspecified atom stereocenters. The summed E-state index contributed by atoms with van der Waals surface area (Å²) in [7, 11) is 6.08. The van der Waals surface area contributed by atoms with Gasteiger partial charge in [-0.3, -0.25) is 19.4 Å². The highest BCUT2D eigenvalue weighted by molar-refractivity contribution is 6.39. The van der Waals surface area contributed by atoms with Crippen molar-refractivity contribution in [1.29, 1.82) is 0 Å². The number of furan rings is 1. The molecule has 1 saturated heterocycles. The molecule has 36 heavy (non-hydrogen) atoms. The number of pyridine rings is 2. The van der Waals surface area contributed by atoms with E-state index in [-0.39, 0.29) is 53.2 Å². The monoisotopic (exact) mass is 507 g/mol. The van der Waals surface area contributed by atoms with Crippen molar-refractivity contribution in [3.05, 3.63) is 41.4 Å². The van der Waals surface area contributed by atoms with Crippen molar-refractivity contribution in [3.8, 4) is 0 Å². The van der Waals surface area contributed by atoms with Crippen LogP contribution < -0.4 is 16.2 Å². The van der Waals surface area contributed by atoms with Crippen LogP contribution in [0.15, 0.2) is 35.0 Å². The second kappa shape index (κ2) is 10.3. The van der Waals surface area contributed by atoms with Gasteiger partial charge in [-0.2, -0.15) is 0 Å². The highest BCUT2D eigenvalue weighted by atomic mass is 35.5. The number of fused-ring (bicyclic) bond motifs is 1. The van der Waals surface area contributed by atoms with Gasteiger partial charge in [0.15, 0.2) is 0 Å². The van der Waals surface area contributed by atoms with Gasteiger partial charge in [-0.05, 0) is 43.9 Å². The molecular weight excluding hydrogens is 485 g/mol. The third-order valence-electron chi connectivity index (χ3n) is 6.59. The molecule has 2 fully saturated rings. The van der Waals surface area contributed by atoms with Crippen molar-refractivity contribution >= 4 is 65.2 Å². The van der Waals surface area contributed by atoms with E-state index in [4.69, 9.17) is 28.6 Å². The first-order chi connectivity index (χ1) is 17.4. The molecule has 10 nitrogen and oxygen atoms in total. The third-order valence-corrected chi connectivity index (χ3v) is 6.81. The number of aromatic nitrogens is 2. The molecule has 5 rings (SSSR count). The molecule has 4 heterocycles. The maximum absolute atomic E-state index is 13.3. The highest BCUT2D eigenvalue weighted by Gasteiger charge is 2.34. The Kier molecular flexibility index (Phi) is 6.93. The molecule has 0 aromatic carbocycles. The van der Waals surface area contributed by atoms with Crippen molar-refractivity contribution in [1.82, 2.24) is 14.9 Å². The number of carbonyl (C=O) groups excluding carboxylic acids is 3. The first-order valence-electron chi connectivity index (χ1n) is 11.7. The van der Waals surface area contributed by atoms with Crippen LogP contribution in [0.3, 0.4) is 0 Å². The Balaban J connectivity index is 1.33. The van der Waals surface area contributed by atoms with Gasteiger partial charge >= 0.3 is 0 Å². The summed E-state index contributed by atoms with van der Waals surface area (Å²) in [5.74, 6) is -0.981. The van der Waals surface area contributed by atoms with Gasteiger partial charge in [-0.25, -0.2) is 4.98 Å². The largest absolute Gasteiger partial charge is 0.448 e. The van der Waals surface area contributed by atoms with E-state index in [2.05, 4.69) is 20.6 Å². The zero-order chi connectivity index (χ0) is 25.2. The van der Waals surface area contributed by atoms with Crippen LogP contribution >= 0.6 is 11.6 Å². The molecule has 1 aliphatic heterocycles. The molecule has 0 bridgehead atoms. The predicted octanol–water partition coefficient (Wildman–Crippen LogP) is 2.28. The molecule has 2 radical (unpaired) electrons. The van der Waals surface area contributed by atoms with Crippen molar-refractivity contribution < 1.29 is 23.5 Å². The van der Waals surface area contributed by atoms with Crippen molar-refractivity contribution in [3.63, 3.8) is 0 Å². The average Bonchev–Trinajstić information content (AvgIpc) is 3.25. The molecule has 3 aromatic rings. The standard InChI is InChI=1S/C24H23BClN5O5/c25-22-19-16(7-8-27-22)36-21(24(34)29-17-6-3-14(26)11-28-17)20(19)30-23(33)13-1-4-15(5-2-13)31-9-10-35-12-18(31)32/h3,6-8,11,13,15H,1-2,4-5,9-10,12H2,(H,30,33)(H,28,29,34). The van der Waals surface area contributed by atoms with E-state index in [1.165, 1.54) is 12.4 Å². The van der Waals surface area contributed by atoms with E-state index in [0.717, 1.165) is 12.8 Å². The number of rotatable bonds is 5. The number of anilines is 2. The Labute approximate surface area is 213 Å². The fourth-order valence-electron chi connectivity index (χ4n) is 4.76. The van der Waals surface area contributed by atoms with Gasteiger partial charge in [-0.1, -0.05) is 11.6 Å². The van der Waals surface area contributed by atoms with Gasteiger partial charge in [-0.15, -0.1) is 0 Å². The first kappa shape index (κ1) is 24.3. The van der Waals surface area contributed by atoms with Gasteiger partial charge in [0.05, 0.1) is 17.0 Å². The van der Waals surface area contributed by atoms with Gasteiger partial charge in [0.2, 0.25) is 17.6 Å². The Bertz CT molecular complexity index is 1310. The molecule has 3 aromatic heterocycles. The van der Waals surface area contributed by atoms with Crippen LogP contribution in [0.25, 0.3) is 11.0 Å². The summed E-state index contributed by atoms with van der Waals surface area (Å²) in [6.45, 7) is 1.22. The maximum atomic E-state index is 13.3. The number of nitrogens with zero attached hydrogens (tertiary/aromatic N) is 3. The van der Waals surface area contributed by atoms with Crippen molar-refractivity contribution in [2.75, 3.05) is 30.4 Å². The summed E-state index contributed by atoms with van der Waals surface area (Å²) in [6.07, 6.45) is 5.52. The van der Waals surface area contributed by atoms with Crippen LogP contribution in [-0.2, 0) is 14.3 Å². The molecule has 0 spiro atoms. The smallest absolute Gasteiger partial charge is 0.294 e. The van der Waals surface area contributed by atoms with E-state index < -0.39 is 5.91 Å². The zero-order valence-corrected chi connectivity index (χ0v) is 20.1. The fourth-order valence-corrected chi connectivity index (χ4v) is 4.88. The van der Waals surface area contributed by atoms with Crippen LogP contribution in [-0.4, -0.2) is 66.2 Å². The molecule has 1 aliphatic carbocycles. The number of nitrogens with one attached hydrogen (secondary N) is 2. The molecule has 184 valence electrons. The van der Waals surface area contributed by atoms with Gasteiger partial charge < -0.3 is 24.7 Å². The summed E-state index contributed by atoms with van der Waals surface area (Å²) >= 11 is 5.87. The van der Waals surface area contributed by atoms with Crippen LogP contribution in [0.4, 0.5) is 11.5 Å². The minimum absolute atomic E-state index is 0.00664. The van der Waals surface area contributed by atoms with E-state index >= 15 is 0 Å². The minimum atomic E-state index is -0.606. The SMILES string of the molecule is [B]c1nccc2oc(C(=O)Nc3ccc(Cl)cn3)c(NC(=O)C3CCC(N4CCOCC4=O)CC3)c12. The topological polar surface area (TPSA) is 127 Å². The minimum Gasteiger partial charge on any atom is -0.448 e. The molecule has 2 N–H and O–H groups in total. The maximum Gasteiger partial charge on any atom is 0.294 e. The highest BCUT2D eigenvalue weighted by Crippen LogP contribution is 2.33. The Morgan fingerprint density at radius 3 is 2.64 bits per heavy atom. The van der Waals surface area contributed by atoms with Gasteiger partial charge in [0.25, 0.3) is 5.91 Å². The number of halogens is 1. The van der Waals surface area contributed by atoms with Crippen molar-refractivity contribution in [2.24, 2.45) is 5.92 Å². The summed E-state index contributed by atoms with van der Waals surface area (Å²) in [5, 5.41) is 6.29. The number of hydrogen-bond acceptors (Lipinski definition) is 7. The lowest BCUT2D eigenvalue weighted by Crippen LogP contribution is -2.49. The second-order valence-corrected chi connectivity index (χ2v) is 9.26. The summed E-state index contributed by atoms with van der Waals surface area (Å²) in [4.78, 5) is 48.5. The van der Waals surface area contributed by atoms with E-state index in [0.29, 0.717) is 42.0 Å². The lowest BCUT2D eigenvalue weighted by Gasteiger charge is -2.38. The number of morpholine rings is 1. The molecule has 0 atom stereocenters. The fraction of sp³-hybridized carbons (Fsp3) is 0.375. The average molecular weight is 508 g/mol. The lowest BCUT2D eigenvalue weighted by molar-refractivity contribution is -0.146. The van der Waals surface area contributed by atoms with Crippen LogP contribution in [0.5, 0.6) is 0 Å². The van der Waals surface area contributed by atoms with Crippen LogP contribution in [0, 0.1) is 5.92 Å². The summed E-state index contributed by atoms with van der Waals surface area (Å²) in [6, 6.07) is 4.82. The molecule has 1 saturated carbocycles. The molecule has 12 heteroatoms. The van der Waals surface area contributed by atoms with Gasteiger partial charge in [0, 0.05) is 36.5 Å². The van der Waals surface area contributed by atoms with Gasteiger partial charge in [0.1, 0.15) is 31.5 Å². The second-order valence-electron chi connectivity index (χ2n) is 8.83. The zero-order valence-electron chi connectivity index (χ0n) is 19.3. The quantitative estimate of drug-likeness (QED) is 0.507. The number of amides is 3. The Morgan fingerprint density at radius 2 is 1.92 bits per heavy atom.